The predicted octanol–water partition coefficient (Wildman–Crippen LogP) is -0.136. The number of likely N-dealkylation sites (tertiary alicyclic amines) is 1. The van der Waals surface area contributed by atoms with Crippen molar-refractivity contribution in [1.29, 1.82) is 0 Å². The van der Waals surface area contributed by atoms with Gasteiger partial charge < -0.3 is 20.4 Å². The fraction of sp³-hybridized carbons (Fsp3) is 0.800. The molecule has 0 aromatic rings. The number of aliphatic hydroxyl groups excluding tert-OH is 1. The minimum atomic E-state index is -1.17. The summed E-state index contributed by atoms with van der Waals surface area (Å²) in [5.41, 5.74) is -0.977. The van der Waals surface area contributed by atoms with Gasteiger partial charge in [-0.3, -0.25) is 4.79 Å². The van der Waals surface area contributed by atoms with E-state index in [1.165, 1.54) is 0 Å². The lowest BCUT2D eigenvalue weighted by molar-refractivity contribution is -0.150. The van der Waals surface area contributed by atoms with Crippen molar-refractivity contribution in [2.75, 3.05) is 26.2 Å². The number of nitrogens with one attached hydrogen (secondary N) is 1. The molecule has 2 saturated heterocycles. The summed E-state index contributed by atoms with van der Waals surface area (Å²) in [6.07, 6.45) is 1.60. The van der Waals surface area contributed by atoms with Crippen LogP contribution in [0.25, 0.3) is 0 Å². The van der Waals surface area contributed by atoms with Crippen molar-refractivity contribution in [2.45, 2.75) is 44.7 Å². The van der Waals surface area contributed by atoms with Crippen molar-refractivity contribution in [3.05, 3.63) is 0 Å². The van der Waals surface area contributed by atoms with E-state index in [9.17, 15) is 19.5 Å². The molecule has 1 atom stereocenters. The van der Waals surface area contributed by atoms with Gasteiger partial charge >= 0.3 is 12.0 Å². The number of carboxylic acids is 1. The van der Waals surface area contributed by atoms with Crippen LogP contribution in [0.5, 0.6) is 0 Å². The first kappa shape index (κ1) is 17.7. The molecule has 2 fully saturated rings. The van der Waals surface area contributed by atoms with Crippen molar-refractivity contribution < 1.29 is 24.6 Å². The molecule has 23 heavy (non-hydrogen) atoms. The van der Waals surface area contributed by atoms with Gasteiger partial charge in [0.25, 0.3) is 5.91 Å². The number of hydrogen-bond acceptors (Lipinski definition) is 5. The minimum absolute atomic E-state index is 0.125. The van der Waals surface area contributed by atoms with Crippen molar-refractivity contribution >= 4 is 17.9 Å². The van der Waals surface area contributed by atoms with E-state index in [1.807, 2.05) is 0 Å². The van der Waals surface area contributed by atoms with Crippen molar-refractivity contribution in [3.63, 3.8) is 0 Å². The molecule has 3 N–H and O–H groups in total. The van der Waals surface area contributed by atoms with Crippen LogP contribution in [0.1, 0.15) is 33.1 Å². The molecule has 2 aliphatic rings. The van der Waals surface area contributed by atoms with E-state index >= 15 is 0 Å². The Bertz CT molecular complexity index is 486. The molecule has 0 aromatic carbocycles. The van der Waals surface area contributed by atoms with E-state index in [0.717, 1.165) is 11.4 Å². The summed E-state index contributed by atoms with van der Waals surface area (Å²) in [4.78, 5) is 39.5. The van der Waals surface area contributed by atoms with Crippen molar-refractivity contribution in [3.8, 4) is 0 Å². The molecule has 0 bridgehead atoms. The minimum Gasteiger partial charge on any atom is -0.480 e. The second-order valence-electron chi connectivity index (χ2n) is 6.63. The number of rotatable bonds is 6. The topological polar surface area (TPSA) is 110 Å². The Labute approximate surface area is 135 Å². The highest BCUT2D eigenvalue weighted by molar-refractivity contribution is 6.09. The molecule has 130 valence electrons. The second-order valence-corrected chi connectivity index (χ2v) is 6.63. The number of nitrogens with zero attached hydrogens (tertiary/aromatic N) is 2. The number of carboxylic acid groups (broad SMARTS) is 1. The highest BCUT2D eigenvalue weighted by Crippen LogP contribution is 2.32. The Morgan fingerprint density at radius 1 is 1.30 bits per heavy atom. The van der Waals surface area contributed by atoms with Gasteiger partial charge in [0, 0.05) is 26.2 Å². The summed E-state index contributed by atoms with van der Waals surface area (Å²) in [6.45, 7) is 5.52. The van der Waals surface area contributed by atoms with Gasteiger partial charge in [0.05, 0.1) is 0 Å². The first-order valence-corrected chi connectivity index (χ1v) is 8.04. The molecule has 3 amide bonds. The van der Waals surface area contributed by atoms with Crippen LogP contribution in [0.2, 0.25) is 0 Å². The Morgan fingerprint density at radius 2 is 1.91 bits per heavy atom. The van der Waals surface area contributed by atoms with Crippen molar-refractivity contribution in [1.82, 2.24) is 15.1 Å². The molecule has 8 nitrogen and oxygen atoms in total. The van der Waals surface area contributed by atoms with Gasteiger partial charge in [-0.1, -0.05) is 13.8 Å². The molecule has 0 aromatic heterocycles. The molecule has 0 radical (unpaired) electrons. The zero-order chi connectivity index (χ0) is 17.2. The van der Waals surface area contributed by atoms with Gasteiger partial charge in [0.1, 0.15) is 11.6 Å². The van der Waals surface area contributed by atoms with Crippen LogP contribution in [0, 0.1) is 5.92 Å². The van der Waals surface area contributed by atoms with Crippen LogP contribution in [-0.4, -0.2) is 75.7 Å². The number of amides is 3. The van der Waals surface area contributed by atoms with E-state index < -0.39 is 29.5 Å². The summed E-state index contributed by atoms with van der Waals surface area (Å²) in [5, 5.41) is 21.0. The lowest BCUT2D eigenvalue weighted by Crippen LogP contribution is -2.56. The van der Waals surface area contributed by atoms with Gasteiger partial charge in [-0.15, -0.1) is 0 Å². The standard InChI is InChI=1S/C15H25N3O5/c1-10(2)11(12(20)21)18-13(22)15(16-14(18)23)4-7-17(8-5-15)6-3-9-19/h10-11,19H,3-9H2,1-2H3,(H,16,23)(H,20,21). The lowest BCUT2D eigenvalue weighted by Gasteiger charge is -2.37. The predicted molar refractivity (Wildman–Crippen MR) is 81.7 cm³/mol. The third-order valence-corrected chi connectivity index (χ3v) is 4.70. The van der Waals surface area contributed by atoms with E-state index in [2.05, 4.69) is 10.2 Å². The Balaban J connectivity index is 2.11. The first-order valence-electron chi connectivity index (χ1n) is 8.04. The van der Waals surface area contributed by atoms with Crippen LogP contribution in [-0.2, 0) is 9.59 Å². The molecule has 2 aliphatic heterocycles. The third kappa shape index (κ3) is 3.32. The summed E-state index contributed by atoms with van der Waals surface area (Å²) in [5.74, 6) is -1.95. The number of aliphatic carboxylic acids is 1. The SMILES string of the molecule is CC(C)C(C(=O)O)N1C(=O)NC2(CCN(CCCO)CC2)C1=O. The molecule has 1 unspecified atom stereocenters. The van der Waals surface area contributed by atoms with E-state index in [1.54, 1.807) is 13.8 Å². The van der Waals surface area contributed by atoms with Gasteiger partial charge in [-0.2, -0.15) is 0 Å². The molecular formula is C15H25N3O5. The van der Waals surface area contributed by atoms with Crippen LogP contribution < -0.4 is 5.32 Å². The Kier molecular flexibility index (Phi) is 5.26. The number of urea groups is 1. The molecule has 2 rings (SSSR count). The highest BCUT2D eigenvalue weighted by Gasteiger charge is 2.55. The summed E-state index contributed by atoms with van der Waals surface area (Å²) in [7, 11) is 0. The van der Waals surface area contributed by atoms with Crippen LogP contribution in [0.4, 0.5) is 4.79 Å². The maximum Gasteiger partial charge on any atom is 0.327 e. The fourth-order valence-corrected chi connectivity index (χ4v) is 3.38. The van der Waals surface area contributed by atoms with Crippen LogP contribution in [0.3, 0.4) is 0 Å². The summed E-state index contributed by atoms with van der Waals surface area (Å²) >= 11 is 0. The highest BCUT2D eigenvalue weighted by atomic mass is 16.4. The van der Waals surface area contributed by atoms with Gasteiger partial charge in [-0.25, -0.2) is 14.5 Å². The molecule has 0 saturated carbocycles. The average molecular weight is 327 g/mol. The van der Waals surface area contributed by atoms with Crippen molar-refractivity contribution in [2.24, 2.45) is 5.92 Å². The quantitative estimate of drug-likeness (QED) is 0.586. The zero-order valence-electron chi connectivity index (χ0n) is 13.6. The number of imide groups is 1. The number of piperidine rings is 1. The largest absolute Gasteiger partial charge is 0.480 e. The summed E-state index contributed by atoms with van der Waals surface area (Å²) < 4.78 is 0. The number of carbonyl (C=O) groups is 3. The molecule has 8 heteroatoms. The molecule has 0 aliphatic carbocycles. The Hall–Kier alpha value is -1.67. The molecule has 1 spiro atoms. The zero-order valence-corrected chi connectivity index (χ0v) is 13.6. The van der Waals surface area contributed by atoms with Crippen LogP contribution >= 0.6 is 0 Å². The third-order valence-electron chi connectivity index (χ3n) is 4.70. The van der Waals surface area contributed by atoms with Gasteiger partial charge in [0.15, 0.2) is 0 Å². The maximum absolute atomic E-state index is 12.8. The lowest BCUT2D eigenvalue weighted by atomic mass is 9.87. The number of carbonyl (C=O) groups excluding carboxylic acids is 2. The monoisotopic (exact) mass is 327 g/mol. The molecule has 2 heterocycles. The number of aliphatic hydroxyl groups is 1. The van der Waals surface area contributed by atoms with E-state index in [-0.39, 0.29) is 12.5 Å². The normalized spacial score (nSPS) is 22.7. The molecular weight excluding hydrogens is 302 g/mol. The summed E-state index contributed by atoms with van der Waals surface area (Å²) in [6, 6.07) is -1.76. The average Bonchev–Trinajstić information content (AvgIpc) is 2.71. The first-order chi connectivity index (χ1) is 10.8. The van der Waals surface area contributed by atoms with Gasteiger partial charge in [0.2, 0.25) is 0 Å². The van der Waals surface area contributed by atoms with Crippen LogP contribution in [0.15, 0.2) is 0 Å². The van der Waals surface area contributed by atoms with E-state index in [4.69, 9.17) is 5.11 Å². The number of hydrogen-bond donors (Lipinski definition) is 3. The smallest absolute Gasteiger partial charge is 0.327 e. The maximum atomic E-state index is 12.8. The Morgan fingerprint density at radius 3 is 2.39 bits per heavy atom. The fourth-order valence-electron chi connectivity index (χ4n) is 3.38. The van der Waals surface area contributed by atoms with Gasteiger partial charge in [-0.05, 0) is 25.2 Å². The van der Waals surface area contributed by atoms with E-state index in [0.29, 0.717) is 32.4 Å². The second kappa shape index (κ2) is 6.84.